The number of amides is 1. The minimum absolute atomic E-state index is 0.445. The van der Waals surface area contributed by atoms with Gasteiger partial charge in [0, 0.05) is 6.07 Å². The van der Waals surface area contributed by atoms with E-state index in [9.17, 15) is 4.79 Å². The third-order valence-corrected chi connectivity index (χ3v) is 2.07. The van der Waals surface area contributed by atoms with Crippen molar-refractivity contribution in [3.8, 4) is 11.5 Å². The van der Waals surface area contributed by atoms with Gasteiger partial charge < -0.3 is 14.8 Å². The highest BCUT2D eigenvalue weighted by Crippen LogP contribution is 2.32. The van der Waals surface area contributed by atoms with Crippen molar-refractivity contribution in [3.05, 3.63) is 17.7 Å². The van der Waals surface area contributed by atoms with E-state index in [4.69, 9.17) is 9.47 Å². The number of nitrogens with one attached hydrogen (secondary N) is 1. The first-order chi connectivity index (χ1) is 7.08. The Hall–Kier alpha value is -1.36. The zero-order valence-corrected chi connectivity index (χ0v) is 9.72. The molecule has 1 aromatic rings. The molecule has 0 saturated carbocycles. The van der Waals surface area contributed by atoms with Gasteiger partial charge in [0.2, 0.25) is 0 Å². The molecule has 0 aromatic heterocycles. The van der Waals surface area contributed by atoms with Crippen molar-refractivity contribution < 1.29 is 14.3 Å². The number of carbonyl (C=O) groups is 1. The lowest BCUT2D eigenvalue weighted by Crippen LogP contribution is -2.04. The summed E-state index contributed by atoms with van der Waals surface area (Å²) in [5.41, 5.74) is 1.48. The minimum atomic E-state index is -0.445. The highest BCUT2D eigenvalue weighted by Gasteiger charge is 2.09. The maximum Gasteiger partial charge on any atom is 0.280 e. The lowest BCUT2D eigenvalue weighted by molar-refractivity contribution is 0.270. The van der Waals surface area contributed by atoms with Crippen LogP contribution in [0.3, 0.4) is 0 Å². The van der Waals surface area contributed by atoms with Gasteiger partial charge in [-0.25, -0.2) is 0 Å². The molecule has 0 fully saturated rings. The number of aryl methyl sites for hydroxylation is 1. The van der Waals surface area contributed by atoms with E-state index in [2.05, 4.69) is 17.9 Å². The first-order valence-corrected chi connectivity index (χ1v) is 4.75. The van der Waals surface area contributed by atoms with Crippen molar-refractivity contribution in [2.24, 2.45) is 0 Å². The van der Waals surface area contributed by atoms with Crippen LogP contribution in [0.25, 0.3) is 0 Å². The van der Waals surface area contributed by atoms with E-state index in [1.165, 1.54) is 7.11 Å². The number of anilines is 1. The average molecular weight is 227 g/mol. The number of ether oxygens (including phenoxy) is 2. The van der Waals surface area contributed by atoms with Crippen LogP contribution in [0.2, 0.25) is 0 Å². The van der Waals surface area contributed by atoms with Crippen molar-refractivity contribution in [3.63, 3.8) is 0 Å². The molecule has 1 rings (SSSR count). The maximum absolute atomic E-state index is 10.8. The molecule has 15 heavy (non-hydrogen) atoms. The van der Waals surface area contributed by atoms with Crippen LogP contribution in [-0.2, 0) is 0 Å². The predicted octanol–water partition coefficient (Wildman–Crippen LogP) is 2.47. The van der Waals surface area contributed by atoms with E-state index in [-0.39, 0.29) is 0 Å². The van der Waals surface area contributed by atoms with Gasteiger partial charge in [0.1, 0.15) is 11.5 Å². The number of hydrogen-bond acceptors (Lipinski definition) is 3. The van der Waals surface area contributed by atoms with Crippen LogP contribution in [-0.4, -0.2) is 19.5 Å². The van der Waals surface area contributed by atoms with Crippen LogP contribution < -0.4 is 14.8 Å². The van der Waals surface area contributed by atoms with Gasteiger partial charge in [-0.05, 0) is 18.6 Å². The van der Waals surface area contributed by atoms with Gasteiger partial charge in [0.05, 0.1) is 19.9 Å². The second kappa shape index (κ2) is 4.93. The molecular weight excluding hydrogens is 214 g/mol. The Morgan fingerprint density at radius 2 is 1.87 bits per heavy atom. The second-order valence-electron chi connectivity index (χ2n) is 2.95. The molecule has 0 unspecified atom stereocenters. The summed E-state index contributed by atoms with van der Waals surface area (Å²) in [6.07, 6.45) is 0. The molecule has 5 heteroatoms. The minimum Gasteiger partial charge on any atom is -0.496 e. The Balaban J connectivity index is 3.16. The summed E-state index contributed by atoms with van der Waals surface area (Å²) in [5.74, 6) is 1.27. The number of benzene rings is 1. The van der Waals surface area contributed by atoms with E-state index in [1.807, 2.05) is 6.92 Å². The summed E-state index contributed by atoms with van der Waals surface area (Å²) in [6, 6.07) is 3.49. The van der Waals surface area contributed by atoms with Gasteiger partial charge in [-0.15, -0.1) is 0 Å². The lowest BCUT2D eigenvalue weighted by Gasteiger charge is -2.12. The molecule has 1 N–H and O–H groups in total. The lowest BCUT2D eigenvalue weighted by atomic mass is 10.2. The molecule has 4 nitrogen and oxygen atoms in total. The predicted molar refractivity (Wildman–Crippen MR) is 62.3 cm³/mol. The zero-order valence-electron chi connectivity index (χ0n) is 8.83. The van der Waals surface area contributed by atoms with E-state index < -0.39 is 5.24 Å². The van der Waals surface area contributed by atoms with Crippen molar-refractivity contribution in [1.82, 2.24) is 0 Å². The maximum atomic E-state index is 10.8. The van der Waals surface area contributed by atoms with Gasteiger partial charge in [-0.2, -0.15) is 0 Å². The zero-order chi connectivity index (χ0) is 11.4. The molecule has 0 atom stereocenters. The van der Waals surface area contributed by atoms with E-state index in [1.54, 1.807) is 19.2 Å². The second-order valence-corrected chi connectivity index (χ2v) is 3.36. The Morgan fingerprint density at radius 3 is 2.33 bits per heavy atom. The Morgan fingerprint density at radius 1 is 1.27 bits per heavy atom. The third-order valence-electron chi connectivity index (χ3n) is 1.96. The first kappa shape index (κ1) is 11.7. The normalized spacial score (nSPS) is 9.60. The fourth-order valence-corrected chi connectivity index (χ4v) is 1.38. The summed E-state index contributed by atoms with van der Waals surface area (Å²) >= 11 is 3.64. The van der Waals surface area contributed by atoms with Gasteiger partial charge in [-0.3, -0.25) is 4.79 Å². The summed E-state index contributed by atoms with van der Waals surface area (Å²) in [5, 5.41) is 2.10. The first-order valence-electron chi connectivity index (χ1n) is 4.31. The molecular formula is C10H13NO3S. The highest BCUT2D eigenvalue weighted by molar-refractivity contribution is 7.96. The number of rotatable bonds is 3. The summed E-state index contributed by atoms with van der Waals surface area (Å²) in [4.78, 5) is 10.8. The highest BCUT2D eigenvalue weighted by atomic mass is 32.1. The summed E-state index contributed by atoms with van der Waals surface area (Å²) in [7, 11) is 3.11. The molecule has 0 spiro atoms. The molecule has 0 heterocycles. The van der Waals surface area contributed by atoms with Crippen molar-refractivity contribution in [2.75, 3.05) is 19.5 Å². The molecule has 1 amide bonds. The smallest absolute Gasteiger partial charge is 0.280 e. The van der Waals surface area contributed by atoms with Crippen LogP contribution in [0.5, 0.6) is 11.5 Å². The van der Waals surface area contributed by atoms with Gasteiger partial charge in [-0.1, -0.05) is 12.6 Å². The van der Waals surface area contributed by atoms with Crippen LogP contribution in [0, 0.1) is 6.92 Å². The quantitative estimate of drug-likeness (QED) is 0.780. The van der Waals surface area contributed by atoms with Gasteiger partial charge in [0.25, 0.3) is 5.24 Å². The number of methoxy groups -OCH3 is 2. The SMILES string of the molecule is COc1cc(NC(=O)S)c(OC)cc1C. The van der Waals surface area contributed by atoms with Gasteiger partial charge >= 0.3 is 0 Å². The number of hydrogen-bond donors (Lipinski definition) is 2. The Kier molecular flexibility index (Phi) is 3.85. The molecule has 82 valence electrons. The Bertz CT molecular complexity index is 379. The fourth-order valence-electron chi connectivity index (χ4n) is 1.26. The third kappa shape index (κ3) is 2.79. The van der Waals surface area contributed by atoms with E-state index in [0.29, 0.717) is 17.2 Å². The average Bonchev–Trinajstić information content (AvgIpc) is 2.19. The molecule has 0 bridgehead atoms. The fraction of sp³-hybridized carbons (Fsp3) is 0.300. The van der Waals surface area contributed by atoms with Crippen molar-refractivity contribution in [1.29, 1.82) is 0 Å². The van der Waals surface area contributed by atoms with Gasteiger partial charge in [0.15, 0.2) is 0 Å². The standard InChI is InChI=1S/C10H13NO3S/c1-6-4-9(14-3)7(11-10(12)15)5-8(6)13-2/h4-5H,1-3H3,(H2,11,12,15). The number of thiol groups is 1. The Labute approximate surface area is 94.0 Å². The largest absolute Gasteiger partial charge is 0.496 e. The van der Waals surface area contributed by atoms with Crippen molar-refractivity contribution >= 4 is 23.6 Å². The molecule has 0 radical (unpaired) electrons. The van der Waals surface area contributed by atoms with Crippen LogP contribution in [0.4, 0.5) is 10.5 Å². The van der Waals surface area contributed by atoms with E-state index >= 15 is 0 Å². The monoisotopic (exact) mass is 227 g/mol. The van der Waals surface area contributed by atoms with Crippen LogP contribution in [0.15, 0.2) is 12.1 Å². The number of carbonyl (C=O) groups excluding carboxylic acids is 1. The molecule has 0 aliphatic heterocycles. The summed E-state index contributed by atoms with van der Waals surface area (Å²) in [6.45, 7) is 1.90. The molecule has 1 aromatic carbocycles. The van der Waals surface area contributed by atoms with Crippen LogP contribution in [0.1, 0.15) is 5.56 Å². The molecule has 0 aliphatic rings. The molecule has 0 saturated heterocycles. The van der Waals surface area contributed by atoms with E-state index in [0.717, 1.165) is 5.56 Å². The van der Waals surface area contributed by atoms with Crippen molar-refractivity contribution in [2.45, 2.75) is 6.92 Å². The topological polar surface area (TPSA) is 47.6 Å². The van der Waals surface area contributed by atoms with Crippen LogP contribution >= 0.6 is 12.6 Å². The summed E-state index contributed by atoms with van der Waals surface area (Å²) < 4.78 is 10.3. The molecule has 0 aliphatic carbocycles.